The fraction of sp³-hybridized carbons (Fsp3) is 0.800. The summed E-state index contributed by atoms with van der Waals surface area (Å²) in [6, 6.07) is 0. The van der Waals surface area contributed by atoms with Crippen LogP contribution in [0.15, 0.2) is 0 Å². The molecule has 0 aromatic heterocycles. The molecule has 8 heavy (non-hydrogen) atoms. The van der Waals surface area contributed by atoms with E-state index in [1.54, 1.807) is 0 Å². The lowest BCUT2D eigenvalue weighted by Crippen LogP contribution is -2.13. The highest BCUT2D eigenvalue weighted by atomic mass is 127. The topological polar surface area (TPSA) is 26.3 Å². The summed E-state index contributed by atoms with van der Waals surface area (Å²) in [5.41, 5.74) is 0. The lowest BCUT2D eigenvalue weighted by atomic mass is 10.2. The predicted molar refractivity (Wildman–Crippen MR) is 38.0 cm³/mol. The first-order valence-electron chi connectivity index (χ1n) is 2.45. The number of cyclic esters (lactones) is 1. The summed E-state index contributed by atoms with van der Waals surface area (Å²) in [7, 11) is 0. The Labute approximate surface area is 61.7 Å². The Kier molecular flexibility index (Phi) is 1.47. The number of carbonyl (C=O) groups is 1. The Balaban J connectivity index is 2.56. The van der Waals surface area contributed by atoms with Gasteiger partial charge in [-0.25, -0.2) is 0 Å². The molecule has 0 N–H and O–H groups in total. The van der Waals surface area contributed by atoms with Crippen LogP contribution in [-0.4, -0.2) is 16.0 Å². The molecule has 1 saturated heterocycles. The lowest BCUT2D eigenvalue weighted by molar-refractivity contribution is -0.137. The van der Waals surface area contributed by atoms with Gasteiger partial charge in [0.15, 0.2) is 0 Å². The van der Waals surface area contributed by atoms with E-state index in [9.17, 15) is 4.79 Å². The zero-order chi connectivity index (χ0) is 6.20. The van der Waals surface area contributed by atoms with Crippen LogP contribution in [0.25, 0.3) is 0 Å². The van der Waals surface area contributed by atoms with Gasteiger partial charge in [-0.05, 0) is 6.92 Å². The first-order valence-corrected chi connectivity index (χ1v) is 3.53. The quantitative estimate of drug-likeness (QED) is 0.351. The van der Waals surface area contributed by atoms with Crippen molar-refractivity contribution in [2.45, 2.75) is 16.8 Å². The SMILES string of the molecule is CC1(I)COC(=O)C1. The fourth-order valence-corrected chi connectivity index (χ4v) is 1.10. The van der Waals surface area contributed by atoms with Crippen LogP contribution in [0.5, 0.6) is 0 Å². The molecule has 1 unspecified atom stereocenters. The molecule has 0 amide bonds. The maximum atomic E-state index is 10.4. The van der Waals surface area contributed by atoms with E-state index in [-0.39, 0.29) is 9.39 Å². The third-order valence-electron chi connectivity index (χ3n) is 1.05. The van der Waals surface area contributed by atoms with Gasteiger partial charge in [-0.1, -0.05) is 22.6 Å². The summed E-state index contributed by atoms with van der Waals surface area (Å²) < 4.78 is 4.79. The number of alkyl halides is 1. The second-order valence-corrected chi connectivity index (χ2v) is 4.86. The highest BCUT2D eigenvalue weighted by Crippen LogP contribution is 2.28. The minimum Gasteiger partial charge on any atom is -0.464 e. The van der Waals surface area contributed by atoms with Crippen LogP contribution in [-0.2, 0) is 9.53 Å². The van der Waals surface area contributed by atoms with E-state index in [4.69, 9.17) is 4.74 Å². The molecular formula is C5H7IO2. The van der Waals surface area contributed by atoms with Crippen molar-refractivity contribution in [1.29, 1.82) is 0 Å². The average Bonchev–Trinajstić information content (AvgIpc) is 1.82. The highest BCUT2D eigenvalue weighted by molar-refractivity contribution is 14.1. The molecule has 1 atom stereocenters. The second-order valence-electron chi connectivity index (χ2n) is 2.25. The molecule has 1 aliphatic heterocycles. The summed E-state index contributed by atoms with van der Waals surface area (Å²) in [4.78, 5) is 10.4. The van der Waals surface area contributed by atoms with Gasteiger partial charge in [-0.3, -0.25) is 4.79 Å². The number of esters is 1. The molecule has 2 nitrogen and oxygen atoms in total. The highest BCUT2D eigenvalue weighted by Gasteiger charge is 2.32. The standard InChI is InChI=1S/C5H7IO2/c1-5(6)2-4(7)8-3-5/h2-3H2,1H3. The molecule has 0 bridgehead atoms. The molecule has 1 heterocycles. The maximum absolute atomic E-state index is 10.4. The van der Waals surface area contributed by atoms with Crippen molar-refractivity contribution < 1.29 is 9.53 Å². The number of hydrogen-bond donors (Lipinski definition) is 0. The van der Waals surface area contributed by atoms with Gasteiger partial charge in [0, 0.05) is 0 Å². The van der Waals surface area contributed by atoms with Gasteiger partial charge in [-0.2, -0.15) is 0 Å². The van der Waals surface area contributed by atoms with Crippen molar-refractivity contribution in [3.05, 3.63) is 0 Å². The summed E-state index contributed by atoms with van der Waals surface area (Å²) in [6.45, 7) is 2.59. The van der Waals surface area contributed by atoms with E-state index < -0.39 is 0 Å². The fourth-order valence-electron chi connectivity index (χ4n) is 0.634. The van der Waals surface area contributed by atoms with E-state index in [1.165, 1.54) is 0 Å². The Hall–Kier alpha value is 0.200. The summed E-state index contributed by atoms with van der Waals surface area (Å²) in [5.74, 6) is -0.0677. The van der Waals surface area contributed by atoms with Crippen LogP contribution in [0.3, 0.4) is 0 Å². The number of rotatable bonds is 0. The summed E-state index contributed by atoms with van der Waals surface area (Å²) in [6.07, 6.45) is 0.563. The zero-order valence-electron chi connectivity index (χ0n) is 4.61. The predicted octanol–water partition coefficient (Wildman–Crippen LogP) is 1.13. The molecule has 0 aliphatic carbocycles. The first kappa shape index (κ1) is 6.32. The van der Waals surface area contributed by atoms with Gasteiger partial charge in [0.25, 0.3) is 0 Å². The Bertz CT molecular complexity index is 120. The number of hydrogen-bond acceptors (Lipinski definition) is 2. The summed E-state index contributed by atoms with van der Waals surface area (Å²) >= 11 is 2.24. The van der Waals surface area contributed by atoms with Crippen molar-refractivity contribution in [3.63, 3.8) is 0 Å². The third-order valence-corrected chi connectivity index (χ3v) is 1.74. The minimum absolute atomic E-state index is 0.0643. The molecule has 1 fully saturated rings. The van der Waals surface area contributed by atoms with Crippen LogP contribution < -0.4 is 0 Å². The van der Waals surface area contributed by atoms with E-state index in [2.05, 4.69) is 22.6 Å². The molecule has 0 spiro atoms. The lowest BCUT2D eigenvalue weighted by Gasteiger charge is -2.06. The minimum atomic E-state index is -0.0677. The number of halogens is 1. The van der Waals surface area contributed by atoms with Crippen LogP contribution in [0, 0.1) is 0 Å². The Morgan fingerprint density at radius 2 is 2.50 bits per heavy atom. The zero-order valence-corrected chi connectivity index (χ0v) is 6.77. The Morgan fingerprint density at radius 1 is 1.88 bits per heavy atom. The van der Waals surface area contributed by atoms with Gasteiger partial charge < -0.3 is 4.74 Å². The molecule has 0 radical (unpaired) electrons. The molecule has 46 valence electrons. The average molecular weight is 226 g/mol. The molecule has 0 saturated carbocycles. The first-order chi connectivity index (χ1) is 3.60. The Morgan fingerprint density at radius 3 is 2.62 bits per heavy atom. The van der Waals surface area contributed by atoms with Gasteiger partial charge in [0.05, 0.1) is 9.84 Å². The molecule has 3 heteroatoms. The second kappa shape index (κ2) is 1.86. The van der Waals surface area contributed by atoms with Gasteiger partial charge in [-0.15, -0.1) is 0 Å². The van der Waals surface area contributed by atoms with Crippen LogP contribution in [0.4, 0.5) is 0 Å². The molecular weight excluding hydrogens is 219 g/mol. The monoisotopic (exact) mass is 226 g/mol. The van der Waals surface area contributed by atoms with Crippen LogP contribution >= 0.6 is 22.6 Å². The van der Waals surface area contributed by atoms with E-state index >= 15 is 0 Å². The van der Waals surface area contributed by atoms with Crippen molar-refractivity contribution in [3.8, 4) is 0 Å². The smallest absolute Gasteiger partial charge is 0.307 e. The maximum Gasteiger partial charge on any atom is 0.307 e. The molecule has 0 aromatic carbocycles. The van der Waals surface area contributed by atoms with Crippen molar-refractivity contribution in [2.75, 3.05) is 6.61 Å². The number of ether oxygens (including phenoxy) is 1. The normalized spacial score (nSPS) is 37.5. The van der Waals surface area contributed by atoms with Crippen LogP contribution in [0.1, 0.15) is 13.3 Å². The van der Waals surface area contributed by atoms with Gasteiger partial charge in [0.2, 0.25) is 0 Å². The van der Waals surface area contributed by atoms with Crippen molar-refractivity contribution in [2.24, 2.45) is 0 Å². The van der Waals surface area contributed by atoms with Crippen molar-refractivity contribution >= 4 is 28.6 Å². The van der Waals surface area contributed by atoms with E-state index in [1.807, 2.05) is 6.92 Å². The van der Waals surface area contributed by atoms with Crippen molar-refractivity contribution in [1.82, 2.24) is 0 Å². The summed E-state index contributed by atoms with van der Waals surface area (Å²) in [5, 5.41) is 0. The molecule has 0 aromatic rings. The van der Waals surface area contributed by atoms with Gasteiger partial charge in [0.1, 0.15) is 6.61 Å². The van der Waals surface area contributed by atoms with E-state index in [0.717, 1.165) is 0 Å². The van der Waals surface area contributed by atoms with Crippen LogP contribution in [0.2, 0.25) is 0 Å². The molecule has 1 rings (SSSR count). The largest absolute Gasteiger partial charge is 0.464 e. The number of carbonyl (C=O) groups excluding carboxylic acids is 1. The molecule has 1 aliphatic rings. The third kappa shape index (κ3) is 1.34. The van der Waals surface area contributed by atoms with Gasteiger partial charge >= 0.3 is 5.97 Å². The van der Waals surface area contributed by atoms with E-state index in [0.29, 0.717) is 13.0 Å².